The number of aryl methyl sites for hydroxylation is 1. The van der Waals surface area contributed by atoms with Crippen LogP contribution in [0.25, 0.3) is 22.9 Å². The van der Waals surface area contributed by atoms with Crippen LogP contribution >= 0.6 is 0 Å². The van der Waals surface area contributed by atoms with Crippen molar-refractivity contribution in [1.82, 2.24) is 21.0 Å². The Morgan fingerprint density at radius 3 is 2.21 bits per heavy atom. The Kier molecular flexibility index (Phi) is 5.90. The van der Waals surface area contributed by atoms with Crippen LogP contribution in [0.1, 0.15) is 26.3 Å². The third-order valence-electron chi connectivity index (χ3n) is 4.80. The van der Waals surface area contributed by atoms with Crippen molar-refractivity contribution in [1.29, 1.82) is 0 Å². The minimum Gasteiger partial charge on any atom is -0.416 e. The summed E-state index contributed by atoms with van der Waals surface area (Å²) in [7, 11) is 0. The Labute approximate surface area is 187 Å². The summed E-state index contributed by atoms with van der Waals surface area (Å²) in [6, 6.07) is 19.2. The van der Waals surface area contributed by atoms with E-state index in [9.17, 15) is 19.7 Å². The van der Waals surface area contributed by atoms with Crippen molar-refractivity contribution in [3.8, 4) is 22.9 Å². The number of rotatable bonds is 5. The number of non-ortho nitro benzene ring substituents is 1. The molecule has 0 aliphatic rings. The lowest BCUT2D eigenvalue weighted by molar-refractivity contribution is -0.384. The molecule has 0 radical (unpaired) electrons. The molecule has 4 aromatic rings. The van der Waals surface area contributed by atoms with Crippen molar-refractivity contribution >= 4 is 17.5 Å². The molecule has 2 N–H and O–H groups in total. The number of carbonyl (C=O) groups is 2. The topological polar surface area (TPSA) is 140 Å². The van der Waals surface area contributed by atoms with Crippen LogP contribution in [0, 0.1) is 17.0 Å². The van der Waals surface area contributed by atoms with Gasteiger partial charge in [0.1, 0.15) is 0 Å². The summed E-state index contributed by atoms with van der Waals surface area (Å²) < 4.78 is 5.76. The fraction of sp³-hybridized carbons (Fsp3) is 0.0435. The van der Waals surface area contributed by atoms with Crippen molar-refractivity contribution in [2.45, 2.75) is 6.92 Å². The minimum atomic E-state index is -0.682. The van der Waals surface area contributed by atoms with E-state index in [0.29, 0.717) is 17.3 Å². The van der Waals surface area contributed by atoms with Gasteiger partial charge in [-0.1, -0.05) is 24.3 Å². The van der Waals surface area contributed by atoms with Gasteiger partial charge in [-0.2, -0.15) is 0 Å². The van der Waals surface area contributed by atoms with E-state index >= 15 is 0 Å². The average Bonchev–Trinajstić information content (AvgIpc) is 3.33. The molecule has 10 heteroatoms. The van der Waals surface area contributed by atoms with E-state index < -0.39 is 16.7 Å². The maximum atomic E-state index is 12.3. The highest BCUT2D eigenvalue weighted by Gasteiger charge is 2.15. The summed E-state index contributed by atoms with van der Waals surface area (Å²) in [4.78, 5) is 34.7. The third-order valence-corrected chi connectivity index (χ3v) is 4.80. The van der Waals surface area contributed by atoms with Crippen LogP contribution < -0.4 is 10.9 Å². The zero-order valence-corrected chi connectivity index (χ0v) is 17.3. The first-order valence-electron chi connectivity index (χ1n) is 9.77. The van der Waals surface area contributed by atoms with Crippen molar-refractivity contribution < 1.29 is 18.9 Å². The van der Waals surface area contributed by atoms with E-state index in [2.05, 4.69) is 21.0 Å². The zero-order chi connectivity index (χ0) is 23.4. The second-order valence-electron chi connectivity index (χ2n) is 7.02. The number of nitro groups is 1. The first kappa shape index (κ1) is 21.4. The summed E-state index contributed by atoms with van der Waals surface area (Å²) in [5.74, 6) is -0.544. The van der Waals surface area contributed by atoms with Gasteiger partial charge in [-0.15, -0.1) is 10.2 Å². The van der Waals surface area contributed by atoms with Crippen LogP contribution in [0.5, 0.6) is 0 Å². The lowest BCUT2D eigenvalue weighted by Crippen LogP contribution is -2.41. The molecule has 0 saturated carbocycles. The molecular weight excluding hydrogens is 426 g/mol. The smallest absolute Gasteiger partial charge is 0.270 e. The number of nitro benzene ring substituents is 1. The van der Waals surface area contributed by atoms with Crippen LogP contribution in [0.3, 0.4) is 0 Å². The van der Waals surface area contributed by atoms with Crippen molar-refractivity contribution in [2.75, 3.05) is 0 Å². The molecule has 4 rings (SSSR count). The minimum absolute atomic E-state index is 0.0423. The van der Waals surface area contributed by atoms with E-state index in [1.807, 2.05) is 31.2 Å². The summed E-state index contributed by atoms with van der Waals surface area (Å²) >= 11 is 0. The molecule has 0 fully saturated rings. The summed E-state index contributed by atoms with van der Waals surface area (Å²) in [6.07, 6.45) is 0. The fourth-order valence-electron chi connectivity index (χ4n) is 3.04. The molecule has 1 heterocycles. The summed E-state index contributed by atoms with van der Waals surface area (Å²) in [5, 5.41) is 19.0. The number of amides is 2. The van der Waals surface area contributed by atoms with Crippen molar-refractivity contribution in [2.24, 2.45) is 0 Å². The Bertz CT molecular complexity index is 1350. The molecule has 1 aromatic heterocycles. The quantitative estimate of drug-likeness (QED) is 0.354. The Morgan fingerprint density at radius 1 is 0.848 bits per heavy atom. The van der Waals surface area contributed by atoms with Gasteiger partial charge in [0.25, 0.3) is 17.5 Å². The first-order valence-corrected chi connectivity index (χ1v) is 9.77. The highest BCUT2D eigenvalue weighted by atomic mass is 16.6. The van der Waals surface area contributed by atoms with E-state index in [-0.39, 0.29) is 16.8 Å². The molecule has 0 saturated heterocycles. The number of hydrogen-bond donors (Lipinski definition) is 2. The standard InChI is InChI=1S/C23H17N5O5/c1-14-5-2-3-8-19(14)23-27-26-22(33-23)16-11-9-15(10-12-16)20(29)24-25-21(30)17-6-4-7-18(13-17)28(31)32/h2-13H,1H3,(H,24,29)(H,25,30). The van der Waals surface area contributed by atoms with Crippen LogP contribution in [-0.2, 0) is 0 Å². The highest BCUT2D eigenvalue weighted by molar-refractivity contribution is 5.99. The van der Waals surface area contributed by atoms with Gasteiger partial charge in [0.2, 0.25) is 11.8 Å². The molecule has 0 spiro atoms. The number of aromatic nitrogens is 2. The number of benzene rings is 3. The fourth-order valence-corrected chi connectivity index (χ4v) is 3.04. The lowest BCUT2D eigenvalue weighted by atomic mass is 10.1. The molecule has 33 heavy (non-hydrogen) atoms. The average molecular weight is 443 g/mol. The maximum Gasteiger partial charge on any atom is 0.270 e. The number of nitrogens with zero attached hydrogens (tertiary/aromatic N) is 3. The third kappa shape index (κ3) is 4.74. The SMILES string of the molecule is Cc1ccccc1-c1nnc(-c2ccc(C(=O)NNC(=O)c3cccc([N+](=O)[O-])c3)cc2)o1. The zero-order valence-electron chi connectivity index (χ0n) is 17.3. The van der Waals surface area contributed by atoms with Crippen molar-refractivity contribution in [3.63, 3.8) is 0 Å². The molecule has 0 bridgehead atoms. The predicted octanol–water partition coefficient (Wildman–Crippen LogP) is 3.70. The Balaban J connectivity index is 1.41. The van der Waals surface area contributed by atoms with Gasteiger partial charge in [0.05, 0.1) is 4.92 Å². The van der Waals surface area contributed by atoms with Crippen LogP contribution in [0.2, 0.25) is 0 Å². The lowest BCUT2D eigenvalue weighted by Gasteiger charge is -2.07. The van der Waals surface area contributed by atoms with Gasteiger partial charge in [-0.25, -0.2) is 0 Å². The molecule has 2 amide bonds. The number of hydrogen-bond acceptors (Lipinski definition) is 7. The molecule has 0 aliphatic carbocycles. The second kappa shape index (κ2) is 9.10. The van der Waals surface area contributed by atoms with Crippen LogP contribution in [0.4, 0.5) is 5.69 Å². The Morgan fingerprint density at radius 2 is 1.52 bits per heavy atom. The largest absolute Gasteiger partial charge is 0.416 e. The van der Waals surface area contributed by atoms with Gasteiger partial charge in [-0.05, 0) is 48.9 Å². The van der Waals surface area contributed by atoms with E-state index in [1.54, 1.807) is 24.3 Å². The first-order chi connectivity index (χ1) is 15.9. The molecule has 10 nitrogen and oxygen atoms in total. The molecule has 3 aromatic carbocycles. The molecule has 0 atom stereocenters. The van der Waals surface area contributed by atoms with Gasteiger partial charge >= 0.3 is 0 Å². The van der Waals surface area contributed by atoms with Crippen LogP contribution in [-0.4, -0.2) is 26.9 Å². The second-order valence-corrected chi connectivity index (χ2v) is 7.02. The van der Waals surface area contributed by atoms with Gasteiger partial charge in [0, 0.05) is 34.4 Å². The van der Waals surface area contributed by atoms with Crippen molar-refractivity contribution in [3.05, 3.63) is 99.6 Å². The van der Waals surface area contributed by atoms with Gasteiger partial charge in [-0.3, -0.25) is 30.6 Å². The number of hydrazine groups is 1. The van der Waals surface area contributed by atoms with E-state index in [1.165, 1.54) is 18.2 Å². The summed E-state index contributed by atoms with van der Waals surface area (Å²) in [6.45, 7) is 1.95. The Hall–Kier alpha value is -4.86. The number of nitrogens with one attached hydrogen (secondary N) is 2. The van der Waals surface area contributed by atoms with Gasteiger partial charge in [0.15, 0.2) is 0 Å². The summed E-state index contributed by atoms with van der Waals surface area (Å²) in [5.41, 5.74) is 7.07. The molecule has 0 unspecified atom stereocenters. The number of carbonyl (C=O) groups excluding carboxylic acids is 2. The maximum absolute atomic E-state index is 12.3. The highest BCUT2D eigenvalue weighted by Crippen LogP contribution is 2.26. The normalized spacial score (nSPS) is 10.5. The monoisotopic (exact) mass is 443 g/mol. The molecule has 164 valence electrons. The van der Waals surface area contributed by atoms with Gasteiger partial charge < -0.3 is 4.42 Å². The molecular formula is C23H17N5O5. The molecule has 0 aliphatic heterocycles. The van der Waals surface area contributed by atoms with E-state index in [0.717, 1.165) is 17.2 Å². The van der Waals surface area contributed by atoms with E-state index in [4.69, 9.17) is 4.42 Å². The van der Waals surface area contributed by atoms with Crippen LogP contribution in [0.15, 0.2) is 77.2 Å². The predicted molar refractivity (Wildman–Crippen MR) is 118 cm³/mol.